The van der Waals surface area contributed by atoms with E-state index in [-0.39, 0.29) is 18.6 Å². The van der Waals surface area contributed by atoms with Crippen molar-refractivity contribution in [2.75, 3.05) is 27.4 Å². The van der Waals surface area contributed by atoms with Crippen molar-refractivity contribution in [3.05, 3.63) is 59.7 Å². The van der Waals surface area contributed by atoms with Gasteiger partial charge in [0.05, 0.1) is 14.2 Å². The highest BCUT2D eigenvalue weighted by molar-refractivity contribution is 5.87. The largest absolute Gasteiger partial charge is 0.493 e. The van der Waals surface area contributed by atoms with Crippen molar-refractivity contribution in [2.45, 2.75) is 32.3 Å². The predicted octanol–water partition coefficient (Wildman–Crippen LogP) is 4.00. The Bertz CT molecular complexity index is 849. The summed E-state index contributed by atoms with van der Waals surface area (Å²) in [5, 5.41) is 10.2. The number of hydrogen-bond acceptors (Lipinski definition) is 6. The molecule has 2 rings (SSSR count). The fraction of sp³-hybridized carbons (Fsp3) is 0.375. The van der Waals surface area contributed by atoms with Gasteiger partial charge in [-0.15, -0.1) is 0 Å². The summed E-state index contributed by atoms with van der Waals surface area (Å²) < 4.78 is 21.2. The van der Waals surface area contributed by atoms with E-state index in [1.807, 2.05) is 24.3 Å². The molecule has 0 amide bonds. The molecule has 0 aromatic heterocycles. The van der Waals surface area contributed by atoms with Crippen LogP contribution in [0.5, 0.6) is 17.2 Å². The molecule has 1 N–H and O–H groups in total. The lowest BCUT2D eigenvalue weighted by molar-refractivity contribution is -0.134. The van der Waals surface area contributed by atoms with Crippen LogP contribution in [0.25, 0.3) is 6.08 Å². The zero-order valence-corrected chi connectivity index (χ0v) is 18.2. The molecule has 0 spiro atoms. The highest BCUT2D eigenvalue weighted by Crippen LogP contribution is 2.29. The zero-order valence-electron chi connectivity index (χ0n) is 18.2. The lowest BCUT2D eigenvalue weighted by atomic mass is 9.87. The van der Waals surface area contributed by atoms with Crippen LogP contribution in [0.15, 0.2) is 48.5 Å². The number of benzene rings is 2. The third-order valence-corrected chi connectivity index (χ3v) is 4.39. The summed E-state index contributed by atoms with van der Waals surface area (Å²) in [7, 11) is 2.84. The maximum absolute atomic E-state index is 11.2. The van der Waals surface area contributed by atoms with Crippen LogP contribution in [0.1, 0.15) is 31.9 Å². The first-order chi connectivity index (χ1) is 14.2. The number of hydrogen-bond donors (Lipinski definition) is 1. The van der Waals surface area contributed by atoms with E-state index in [4.69, 9.17) is 14.2 Å². The maximum atomic E-state index is 11.2. The fourth-order valence-electron chi connectivity index (χ4n) is 2.62. The molecule has 0 radical (unpaired) electrons. The van der Waals surface area contributed by atoms with Gasteiger partial charge in [-0.3, -0.25) is 0 Å². The lowest BCUT2D eigenvalue weighted by Gasteiger charge is -2.19. The summed E-state index contributed by atoms with van der Waals surface area (Å²) in [6.45, 7) is 6.62. The van der Waals surface area contributed by atoms with Crippen LogP contribution in [0.3, 0.4) is 0 Å². The van der Waals surface area contributed by atoms with E-state index in [0.717, 1.165) is 5.56 Å². The first-order valence-corrected chi connectivity index (χ1v) is 9.71. The van der Waals surface area contributed by atoms with E-state index in [1.54, 1.807) is 24.3 Å². The predicted molar refractivity (Wildman–Crippen MR) is 116 cm³/mol. The SMILES string of the molecule is COC(=O)C=Cc1ccc(OCC(O)COc2ccc(C(C)(C)C)cc2)c(OC)c1. The number of ether oxygens (including phenoxy) is 4. The highest BCUT2D eigenvalue weighted by Gasteiger charge is 2.14. The van der Waals surface area contributed by atoms with Crippen LogP contribution >= 0.6 is 0 Å². The minimum atomic E-state index is -0.809. The number of aliphatic hydroxyl groups is 1. The third-order valence-electron chi connectivity index (χ3n) is 4.39. The minimum Gasteiger partial charge on any atom is -0.493 e. The first kappa shape index (κ1) is 23.3. The van der Waals surface area contributed by atoms with Gasteiger partial charge in [-0.1, -0.05) is 39.0 Å². The Morgan fingerprint density at radius 3 is 2.27 bits per heavy atom. The monoisotopic (exact) mass is 414 g/mol. The molecule has 1 atom stereocenters. The zero-order chi connectivity index (χ0) is 22.1. The molecule has 0 saturated heterocycles. The molecule has 0 aliphatic heterocycles. The molecule has 0 heterocycles. The van der Waals surface area contributed by atoms with Gasteiger partial charge in [0, 0.05) is 6.08 Å². The molecule has 30 heavy (non-hydrogen) atoms. The van der Waals surface area contributed by atoms with Crippen molar-refractivity contribution in [1.29, 1.82) is 0 Å². The van der Waals surface area contributed by atoms with Crippen molar-refractivity contribution >= 4 is 12.0 Å². The summed E-state index contributed by atoms with van der Waals surface area (Å²) in [4.78, 5) is 11.2. The summed E-state index contributed by atoms with van der Waals surface area (Å²) >= 11 is 0. The molecule has 0 fully saturated rings. The molecular weight excluding hydrogens is 384 g/mol. The maximum Gasteiger partial charge on any atom is 0.330 e. The quantitative estimate of drug-likeness (QED) is 0.494. The average Bonchev–Trinajstić information content (AvgIpc) is 2.74. The summed E-state index contributed by atoms with van der Waals surface area (Å²) in [6, 6.07) is 13.1. The van der Waals surface area contributed by atoms with Gasteiger partial charge in [0.15, 0.2) is 11.5 Å². The fourth-order valence-corrected chi connectivity index (χ4v) is 2.62. The van der Waals surface area contributed by atoms with Gasteiger partial charge in [-0.25, -0.2) is 4.79 Å². The number of aliphatic hydroxyl groups excluding tert-OH is 1. The van der Waals surface area contributed by atoms with Gasteiger partial charge in [0.25, 0.3) is 0 Å². The number of carbonyl (C=O) groups excluding carboxylic acids is 1. The lowest BCUT2D eigenvalue weighted by Crippen LogP contribution is -2.25. The molecule has 162 valence electrons. The van der Waals surface area contributed by atoms with Gasteiger partial charge < -0.3 is 24.1 Å². The molecule has 0 aliphatic rings. The molecule has 0 bridgehead atoms. The van der Waals surface area contributed by atoms with Gasteiger partial charge in [-0.2, -0.15) is 0 Å². The Hall–Kier alpha value is -2.99. The van der Waals surface area contributed by atoms with E-state index >= 15 is 0 Å². The van der Waals surface area contributed by atoms with Gasteiger partial charge in [0.1, 0.15) is 25.1 Å². The van der Waals surface area contributed by atoms with E-state index in [0.29, 0.717) is 17.2 Å². The second kappa shape index (κ2) is 10.7. The Morgan fingerprint density at radius 2 is 1.67 bits per heavy atom. The average molecular weight is 414 g/mol. The van der Waals surface area contributed by atoms with Gasteiger partial charge >= 0.3 is 5.97 Å². The van der Waals surface area contributed by atoms with E-state index in [9.17, 15) is 9.90 Å². The van der Waals surface area contributed by atoms with Crippen molar-refractivity contribution < 1.29 is 28.8 Å². The Labute approximate surface area is 178 Å². The van der Waals surface area contributed by atoms with Crippen molar-refractivity contribution in [3.63, 3.8) is 0 Å². The number of rotatable bonds is 9. The normalized spacial score (nSPS) is 12.5. The Balaban J connectivity index is 1.88. The van der Waals surface area contributed by atoms with Gasteiger partial charge in [-0.05, 0) is 46.9 Å². The summed E-state index contributed by atoms with van der Waals surface area (Å²) in [5.74, 6) is 1.24. The second-order valence-corrected chi connectivity index (χ2v) is 7.82. The highest BCUT2D eigenvalue weighted by atomic mass is 16.5. The number of carbonyl (C=O) groups is 1. The molecular formula is C24H30O6. The summed E-state index contributed by atoms with van der Waals surface area (Å²) in [6.07, 6.45) is 2.13. The second-order valence-electron chi connectivity index (χ2n) is 7.82. The van der Waals surface area contributed by atoms with Crippen LogP contribution in [0.2, 0.25) is 0 Å². The van der Waals surface area contributed by atoms with Crippen LogP contribution in [-0.4, -0.2) is 44.6 Å². The van der Waals surface area contributed by atoms with Crippen LogP contribution in [0, 0.1) is 0 Å². The van der Waals surface area contributed by atoms with Crippen LogP contribution in [0.4, 0.5) is 0 Å². The first-order valence-electron chi connectivity index (χ1n) is 9.71. The van der Waals surface area contributed by atoms with Crippen molar-refractivity contribution in [2.24, 2.45) is 0 Å². The molecule has 6 heteroatoms. The van der Waals surface area contributed by atoms with Crippen molar-refractivity contribution in [1.82, 2.24) is 0 Å². The minimum absolute atomic E-state index is 0.0494. The molecule has 0 saturated carbocycles. The number of methoxy groups -OCH3 is 2. The standard InChI is InChI=1S/C24H30O6/c1-24(2,3)18-8-10-20(11-9-18)29-15-19(25)16-30-21-12-6-17(14-22(21)27-4)7-13-23(26)28-5/h6-14,19,25H,15-16H2,1-5H3. The Morgan fingerprint density at radius 1 is 1.00 bits per heavy atom. The molecule has 1 unspecified atom stereocenters. The molecule has 2 aromatic carbocycles. The summed E-state index contributed by atoms with van der Waals surface area (Å²) in [5.41, 5.74) is 2.05. The van der Waals surface area contributed by atoms with Crippen molar-refractivity contribution in [3.8, 4) is 17.2 Å². The molecule has 6 nitrogen and oxygen atoms in total. The van der Waals surface area contributed by atoms with Crippen LogP contribution < -0.4 is 14.2 Å². The smallest absolute Gasteiger partial charge is 0.330 e. The number of esters is 1. The van der Waals surface area contributed by atoms with E-state index < -0.39 is 12.1 Å². The van der Waals surface area contributed by atoms with E-state index in [1.165, 1.54) is 25.9 Å². The van der Waals surface area contributed by atoms with Gasteiger partial charge in [0.2, 0.25) is 0 Å². The van der Waals surface area contributed by atoms with E-state index in [2.05, 4.69) is 25.5 Å². The van der Waals surface area contributed by atoms with Crippen LogP contribution in [-0.2, 0) is 14.9 Å². The molecule has 0 aliphatic carbocycles. The topological polar surface area (TPSA) is 74.2 Å². The third kappa shape index (κ3) is 7.12. The molecule has 2 aromatic rings. The Kier molecular flexibility index (Phi) is 8.30.